The zero-order chi connectivity index (χ0) is 28.1. The molecule has 3 aromatic carbocycles. The van der Waals surface area contributed by atoms with Gasteiger partial charge in [0.15, 0.2) is 5.17 Å². The van der Waals surface area contributed by atoms with Crippen molar-refractivity contribution in [2.45, 2.75) is 44.6 Å². The van der Waals surface area contributed by atoms with Crippen molar-refractivity contribution in [2.75, 3.05) is 7.05 Å². The van der Waals surface area contributed by atoms with Crippen LogP contribution in [0, 0.1) is 0 Å². The summed E-state index contributed by atoms with van der Waals surface area (Å²) in [6.07, 6.45) is 8.42. The van der Waals surface area contributed by atoms with Crippen molar-refractivity contribution >= 4 is 46.4 Å². The highest BCUT2D eigenvalue weighted by molar-refractivity contribution is 8.18. The van der Waals surface area contributed by atoms with Crippen molar-refractivity contribution in [3.05, 3.63) is 100.0 Å². The quantitative estimate of drug-likeness (QED) is 0.187. The van der Waals surface area contributed by atoms with Crippen molar-refractivity contribution in [2.24, 2.45) is 4.99 Å². The van der Waals surface area contributed by atoms with Crippen LogP contribution >= 0.6 is 11.8 Å². The Balaban J connectivity index is 1.19. The van der Waals surface area contributed by atoms with Crippen molar-refractivity contribution in [3.8, 4) is 5.75 Å². The number of hydrogen-bond acceptors (Lipinski definition) is 6. The number of hydrogen-bond donors (Lipinski definition) is 1. The summed E-state index contributed by atoms with van der Waals surface area (Å²) >= 11 is 1.25. The SMILES string of the molecule is CN1C(=O)/C(=C/c2ccc(OCc3ccc(C4CCCCC4)cc3)cc2)S/C1=N/c1ccc(C(=O)C(=O)O)cc1. The van der Waals surface area contributed by atoms with Crippen molar-refractivity contribution in [1.29, 1.82) is 0 Å². The van der Waals surface area contributed by atoms with Gasteiger partial charge in [-0.2, -0.15) is 0 Å². The number of carboxylic acid groups (broad SMARTS) is 1. The highest BCUT2D eigenvalue weighted by atomic mass is 32.2. The van der Waals surface area contributed by atoms with E-state index in [1.165, 1.54) is 66.5 Å². The summed E-state index contributed by atoms with van der Waals surface area (Å²) in [7, 11) is 1.65. The number of rotatable bonds is 8. The first kappa shape index (κ1) is 27.4. The van der Waals surface area contributed by atoms with Crippen LogP contribution in [0.5, 0.6) is 5.75 Å². The Morgan fingerprint density at radius 1 is 0.975 bits per heavy atom. The van der Waals surface area contributed by atoms with Crippen LogP contribution in [0.3, 0.4) is 0 Å². The molecule has 2 aliphatic rings. The number of amides is 1. The Kier molecular flexibility index (Phi) is 8.45. The highest BCUT2D eigenvalue weighted by Crippen LogP contribution is 2.34. The van der Waals surface area contributed by atoms with E-state index in [0.29, 0.717) is 28.3 Å². The van der Waals surface area contributed by atoms with E-state index >= 15 is 0 Å². The summed E-state index contributed by atoms with van der Waals surface area (Å²) in [5, 5.41) is 9.34. The number of carbonyl (C=O) groups is 3. The van der Waals surface area contributed by atoms with E-state index in [0.717, 1.165) is 16.9 Å². The number of carboxylic acids is 1. The molecular weight excluding hydrogens is 524 g/mol. The second-order valence-electron chi connectivity index (χ2n) is 9.98. The Labute approximate surface area is 237 Å². The third-order valence-corrected chi connectivity index (χ3v) is 8.25. The zero-order valence-corrected chi connectivity index (χ0v) is 23.0. The molecule has 0 spiro atoms. The smallest absolute Gasteiger partial charge is 0.377 e. The maximum absolute atomic E-state index is 12.8. The van der Waals surface area contributed by atoms with Gasteiger partial charge in [-0.1, -0.05) is 55.7 Å². The average Bonchev–Trinajstić information content (AvgIpc) is 3.25. The fourth-order valence-electron chi connectivity index (χ4n) is 4.87. The molecular formula is C32H30N2O5S. The summed E-state index contributed by atoms with van der Waals surface area (Å²) in [5.41, 5.74) is 4.02. The lowest BCUT2D eigenvalue weighted by atomic mass is 9.84. The molecule has 1 aliphatic heterocycles. The van der Waals surface area contributed by atoms with Crippen LogP contribution in [0.4, 0.5) is 5.69 Å². The molecule has 204 valence electrons. The summed E-state index contributed by atoms with van der Waals surface area (Å²) in [6.45, 7) is 0.496. The number of carbonyl (C=O) groups excluding carboxylic acids is 2. The van der Waals surface area contributed by atoms with Crippen LogP contribution in [0.1, 0.15) is 65.1 Å². The molecule has 0 aromatic heterocycles. The molecule has 8 heteroatoms. The number of benzene rings is 3. The fraction of sp³-hybridized carbons (Fsp3) is 0.250. The van der Waals surface area contributed by atoms with E-state index in [1.54, 1.807) is 19.2 Å². The van der Waals surface area contributed by atoms with Crippen LogP contribution in [0.2, 0.25) is 0 Å². The summed E-state index contributed by atoms with van der Waals surface area (Å²) in [4.78, 5) is 41.7. The van der Waals surface area contributed by atoms with Gasteiger partial charge >= 0.3 is 5.97 Å². The van der Waals surface area contributed by atoms with Crippen molar-refractivity contribution in [1.82, 2.24) is 4.90 Å². The third kappa shape index (κ3) is 6.51. The van der Waals surface area contributed by atoms with Crippen LogP contribution in [-0.2, 0) is 16.2 Å². The zero-order valence-electron chi connectivity index (χ0n) is 22.2. The fourth-order valence-corrected chi connectivity index (χ4v) is 5.86. The molecule has 3 aromatic rings. The Morgan fingerprint density at radius 2 is 1.65 bits per heavy atom. The highest BCUT2D eigenvalue weighted by Gasteiger charge is 2.30. The van der Waals surface area contributed by atoms with Crippen LogP contribution in [-0.4, -0.2) is 39.9 Å². The largest absolute Gasteiger partial charge is 0.489 e. The number of nitrogens with zero attached hydrogens (tertiary/aromatic N) is 2. The Hall–Kier alpha value is -4.17. The maximum Gasteiger partial charge on any atom is 0.377 e. The predicted molar refractivity (Wildman–Crippen MR) is 157 cm³/mol. The molecule has 0 bridgehead atoms. The van der Waals surface area contributed by atoms with Gasteiger partial charge in [-0.3, -0.25) is 14.5 Å². The van der Waals surface area contributed by atoms with Gasteiger partial charge in [0.1, 0.15) is 12.4 Å². The number of aliphatic carboxylic acids is 1. The molecule has 1 amide bonds. The lowest BCUT2D eigenvalue weighted by Gasteiger charge is -2.22. The molecule has 7 nitrogen and oxygen atoms in total. The topological polar surface area (TPSA) is 96.3 Å². The number of Topliss-reactive ketones (excluding diaryl/α,β-unsaturated/α-hetero) is 1. The van der Waals surface area contributed by atoms with Gasteiger partial charge in [0.25, 0.3) is 11.7 Å². The number of thioether (sulfide) groups is 1. The molecule has 1 saturated carbocycles. The molecule has 2 fully saturated rings. The Bertz CT molecular complexity index is 1450. The van der Waals surface area contributed by atoms with Gasteiger partial charge in [0, 0.05) is 12.6 Å². The first-order valence-corrected chi connectivity index (χ1v) is 14.1. The summed E-state index contributed by atoms with van der Waals surface area (Å²) in [5.74, 6) is -1.20. The number of ether oxygens (including phenoxy) is 1. The molecule has 1 saturated heterocycles. The van der Waals surface area contributed by atoms with Gasteiger partial charge in [-0.25, -0.2) is 9.79 Å². The average molecular weight is 555 g/mol. The first-order valence-electron chi connectivity index (χ1n) is 13.3. The second-order valence-corrected chi connectivity index (χ2v) is 11.0. The van der Waals surface area contributed by atoms with Crippen LogP contribution in [0.15, 0.2) is 82.7 Å². The van der Waals surface area contributed by atoms with Gasteiger partial charge in [0.2, 0.25) is 0 Å². The van der Waals surface area contributed by atoms with E-state index in [4.69, 9.17) is 9.84 Å². The third-order valence-electron chi connectivity index (χ3n) is 7.19. The molecule has 0 radical (unpaired) electrons. The van der Waals surface area contributed by atoms with Gasteiger partial charge in [-0.15, -0.1) is 0 Å². The minimum Gasteiger partial charge on any atom is -0.489 e. The summed E-state index contributed by atoms with van der Waals surface area (Å²) in [6, 6.07) is 22.3. The molecule has 0 atom stereocenters. The lowest BCUT2D eigenvalue weighted by molar-refractivity contribution is -0.131. The van der Waals surface area contributed by atoms with Gasteiger partial charge in [-0.05, 0) is 89.7 Å². The number of likely N-dealkylation sites (N-methyl/N-ethyl adjacent to an activating group) is 1. The second kappa shape index (κ2) is 12.3. The van der Waals surface area contributed by atoms with E-state index in [9.17, 15) is 14.4 Å². The Morgan fingerprint density at radius 3 is 2.30 bits per heavy atom. The molecule has 0 unspecified atom stereocenters. The summed E-state index contributed by atoms with van der Waals surface area (Å²) < 4.78 is 5.99. The standard InChI is InChI=1S/C32H30N2O5S/c1-34-30(36)28(40-32(34)33-26-15-13-25(14-16-26)29(35)31(37)38)19-21-9-17-27(18-10-21)39-20-22-7-11-24(12-8-22)23-5-3-2-4-6-23/h7-19,23H,2-6,20H2,1H3,(H,37,38)/b28-19-,33-32+. The van der Waals surface area contributed by atoms with E-state index in [-0.39, 0.29) is 11.5 Å². The maximum atomic E-state index is 12.8. The minimum atomic E-state index is -1.51. The van der Waals surface area contributed by atoms with Crippen LogP contribution < -0.4 is 4.74 Å². The van der Waals surface area contributed by atoms with E-state index in [2.05, 4.69) is 29.3 Å². The predicted octanol–water partition coefficient (Wildman–Crippen LogP) is 6.81. The number of amidine groups is 1. The molecule has 1 heterocycles. The van der Waals surface area contributed by atoms with Crippen molar-refractivity contribution in [3.63, 3.8) is 0 Å². The van der Waals surface area contributed by atoms with Crippen molar-refractivity contribution < 1.29 is 24.2 Å². The van der Waals surface area contributed by atoms with Crippen LogP contribution in [0.25, 0.3) is 6.08 Å². The van der Waals surface area contributed by atoms with Gasteiger partial charge in [0.05, 0.1) is 10.6 Å². The molecule has 5 rings (SSSR count). The number of aliphatic imine (C=N–C) groups is 1. The monoisotopic (exact) mass is 554 g/mol. The minimum absolute atomic E-state index is 0.0699. The van der Waals surface area contributed by atoms with Gasteiger partial charge < -0.3 is 9.84 Å². The first-order chi connectivity index (χ1) is 19.4. The number of ketones is 1. The van der Waals surface area contributed by atoms with E-state index < -0.39 is 11.8 Å². The molecule has 1 N–H and O–H groups in total. The lowest BCUT2D eigenvalue weighted by Crippen LogP contribution is -2.23. The molecule has 40 heavy (non-hydrogen) atoms. The molecule has 1 aliphatic carbocycles. The van der Waals surface area contributed by atoms with E-state index in [1.807, 2.05) is 30.3 Å². The normalized spacial score (nSPS) is 17.9.